The minimum atomic E-state index is -0.116. The lowest BCUT2D eigenvalue weighted by atomic mass is 10.1. The van der Waals surface area contributed by atoms with E-state index in [1.807, 2.05) is 44.2 Å². The smallest absolute Gasteiger partial charge is 0.255 e. The molecule has 1 fully saturated rings. The number of anilines is 1. The molecule has 1 heterocycles. The quantitative estimate of drug-likeness (QED) is 0.900. The molecule has 1 N–H and O–H groups in total. The van der Waals surface area contributed by atoms with Gasteiger partial charge in [0.15, 0.2) is 0 Å². The van der Waals surface area contributed by atoms with Crippen LogP contribution in [0.1, 0.15) is 34.3 Å². The van der Waals surface area contributed by atoms with Gasteiger partial charge in [-0.25, -0.2) is 0 Å². The van der Waals surface area contributed by atoms with E-state index in [0.717, 1.165) is 42.0 Å². The van der Waals surface area contributed by atoms with Crippen LogP contribution in [0, 0.1) is 13.8 Å². The molecule has 0 unspecified atom stereocenters. The molecule has 24 heavy (non-hydrogen) atoms. The summed E-state index contributed by atoms with van der Waals surface area (Å²) in [6, 6.07) is 13.2. The van der Waals surface area contributed by atoms with Gasteiger partial charge < -0.3 is 14.8 Å². The predicted molar refractivity (Wildman–Crippen MR) is 94.8 cm³/mol. The lowest BCUT2D eigenvalue weighted by Crippen LogP contribution is -2.16. The normalized spacial score (nSPS) is 16.8. The van der Waals surface area contributed by atoms with Crippen LogP contribution in [0.15, 0.2) is 42.5 Å². The summed E-state index contributed by atoms with van der Waals surface area (Å²) in [4.78, 5) is 12.4. The predicted octanol–water partition coefficient (Wildman–Crippen LogP) is 4.11. The van der Waals surface area contributed by atoms with Gasteiger partial charge in [0.1, 0.15) is 12.4 Å². The van der Waals surface area contributed by atoms with Crippen LogP contribution in [0.4, 0.5) is 5.69 Å². The third-order valence-corrected chi connectivity index (χ3v) is 4.22. The van der Waals surface area contributed by atoms with Crippen molar-refractivity contribution in [2.75, 3.05) is 18.5 Å². The lowest BCUT2D eigenvalue weighted by Gasteiger charge is -2.12. The molecule has 0 bridgehead atoms. The Morgan fingerprint density at radius 3 is 2.71 bits per heavy atom. The van der Waals surface area contributed by atoms with Crippen LogP contribution in [0.25, 0.3) is 0 Å². The summed E-state index contributed by atoms with van der Waals surface area (Å²) in [6.07, 6.45) is 2.35. The number of nitrogens with one attached hydrogen (secondary N) is 1. The van der Waals surface area contributed by atoms with Gasteiger partial charge in [0, 0.05) is 17.9 Å². The molecule has 0 aromatic heterocycles. The van der Waals surface area contributed by atoms with Crippen LogP contribution in [0.2, 0.25) is 0 Å². The maximum atomic E-state index is 12.4. The Labute approximate surface area is 142 Å². The zero-order valence-corrected chi connectivity index (χ0v) is 14.2. The van der Waals surface area contributed by atoms with Crippen LogP contribution in [-0.2, 0) is 4.74 Å². The van der Waals surface area contributed by atoms with Gasteiger partial charge in [-0.05, 0) is 68.1 Å². The highest BCUT2D eigenvalue weighted by atomic mass is 16.5. The summed E-state index contributed by atoms with van der Waals surface area (Å²) < 4.78 is 11.3. The Morgan fingerprint density at radius 1 is 1.21 bits per heavy atom. The topological polar surface area (TPSA) is 47.6 Å². The largest absolute Gasteiger partial charge is 0.491 e. The molecular weight excluding hydrogens is 302 g/mol. The first-order valence-electron chi connectivity index (χ1n) is 8.35. The maximum absolute atomic E-state index is 12.4. The monoisotopic (exact) mass is 325 g/mol. The fourth-order valence-corrected chi connectivity index (χ4v) is 2.73. The van der Waals surface area contributed by atoms with E-state index >= 15 is 0 Å². The second kappa shape index (κ2) is 7.49. The minimum absolute atomic E-state index is 0.116. The fraction of sp³-hybridized carbons (Fsp3) is 0.350. The first-order valence-corrected chi connectivity index (χ1v) is 8.35. The van der Waals surface area contributed by atoms with Crippen LogP contribution in [0.3, 0.4) is 0 Å². The molecule has 1 saturated heterocycles. The summed E-state index contributed by atoms with van der Waals surface area (Å²) in [5, 5.41) is 2.96. The van der Waals surface area contributed by atoms with Gasteiger partial charge in [-0.15, -0.1) is 0 Å². The molecule has 2 aromatic carbocycles. The van der Waals surface area contributed by atoms with Gasteiger partial charge >= 0.3 is 0 Å². The lowest BCUT2D eigenvalue weighted by molar-refractivity contribution is 0.0679. The molecule has 4 heteroatoms. The van der Waals surface area contributed by atoms with E-state index in [0.29, 0.717) is 12.2 Å². The van der Waals surface area contributed by atoms with Gasteiger partial charge in [0.2, 0.25) is 0 Å². The number of ether oxygens (including phenoxy) is 2. The first-order chi connectivity index (χ1) is 11.6. The summed E-state index contributed by atoms with van der Waals surface area (Å²) in [7, 11) is 0. The molecule has 0 spiro atoms. The van der Waals surface area contributed by atoms with Gasteiger partial charge in [0.05, 0.1) is 6.10 Å². The SMILES string of the molecule is Cc1ccc(C)c(NC(=O)c2ccc(OC[C@@H]3CCCO3)cc2)c1. The number of hydrogen-bond donors (Lipinski definition) is 1. The molecule has 1 aliphatic heterocycles. The van der Waals surface area contributed by atoms with Gasteiger partial charge in [-0.1, -0.05) is 12.1 Å². The molecule has 4 nitrogen and oxygen atoms in total. The third-order valence-electron chi connectivity index (χ3n) is 4.22. The summed E-state index contributed by atoms with van der Waals surface area (Å²) in [6.45, 7) is 5.38. The minimum Gasteiger partial charge on any atom is -0.491 e. The molecule has 0 aliphatic carbocycles. The molecule has 0 radical (unpaired) electrons. The number of benzene rings is 2. The molecular formula is C20H23NO3. The highest BCUT2D eigenvalue weighted by Crippen LogP contribution is 2.19. The van der Waals surface area contributed by atoms with Crippen molar-refractivity contribution in [1.82, 2.24) is 0 Å². The van der Waals surface area contributed by atoms with Crippen molar-refractivity contribution in [3.8, 4) is 5.75 Å². The van der Waals surface area contributed by atoms with E-state index in [1.165, 1.54) is 0 Å². The molecule has 2 aromatic rings. The van der Waals surface area contributed by atoms with Crippen molar-refractivity contribution < 1.29 is 14.3 Å². The maximum Gasteiger partial charge on any atom is 0.255 e. The third kappa shape index (κ3) is 4.15. The Kier molecular flexibility index (Phi) is 5.16. The van der Waals surface area contributed by atoms with Crippen molar-refractivity contribution in [3.63, 3.8) is 0 Å². The average molecular weight is 325 g/mol. The Morgan fingerprint density at radius 2 is 2.00 bits per heavy atom. The number of hydrogen-bond acceptors (Lipinski definition) is 3. The number of aryl methyl sites for hydroxylation is 2. The fourth-order valence-electron chi connectivity index (χ4n) is 2.73. The molecule has 126 valence electrons. The van der Waals surface area contributed by atoms with E-state index in [-0.39, 0.29) is 12.0 Å². The number of carbonyl (C=O) groups excluding carboxylic acids is 1. The van der Waals surface area contributed by atoms with Crippen LogP contribution >= 0.6 is 0 Å². The number of rotatable bonds is 5. The van der Waals surface area contributed by atoms with Crippen molar-refractivity contribution >= 4 is 11.6 Å². The van der Waals surface area contributed by atoms with Crippen LogP contribution in [-0.4, -0.2) is 25.2 Å². The second-order valence-corrected chi connectivity index (χ2v) is 6.24. The summed E-state index contributed by atoms with van der Waals surface area (Å²) in [5.74, 6) is 0.642. The second-order valence-electron chi connectivity index (χ2n) is 6.24. The average Bonchev–Trinajstić information content (AvgIpc) is 3.10. The molecule has 3 rings (SSSR count). The summed E-state index contributed by atoms with van der Waals surface area (Å²) in [5.41, 5.74) is 3.62. The Bertz CT molecular complexity index is 703. The first kappa shape index (κ1) is 16.5. The number of amides is 1. The Hall–Kier alpha value is -2.33. The molecule has 1 atom stereocenters. The van der Waals surface area contributed by atoms with Crippen molar-refractivity contribution in [1.29, 1.82) is 0 Å². The summed E-state index contributed by atoms with van der Waals surface area (Å²) >= 11 is 0. The van der Waals surface area contributed by atoms with Gasteiger partial charge in [-0.2, -0.15) is 0 Å². The Balaban J connectivity index is 1.59. The van der Waals surface area contributed by atoms with Crippen LogP contribution in [0.5, 0.6) is 5.75 Å². The van der Waals surface area contributed by atoms with E-state index in [4.69, 9.17) is 9.47 Å². The standard InChI is InChI=1S/C20H23NO3/c1-14-5-6-15(2)19(12-14)21-20(22)16-7-9-17(10-8-16)24-13-18-4-3-11-23-18/h5-10,12,18H,3-4,11,13H2,1-2H3,(H,21,22)/t18-/m0/s1. The zero-order valence-electron chi connectivity index (χ0n) is 14.2. The molecule has 1 aliphatic rings. The van der Waals surface area contributed by atoms with Gasteiger partial charge in [0.25, 0.3) is 5.91 Å². The molecule has 1 amide bonds. The van der Waals surface area contributed by atoms with Crippen LogP contribution < -0.4 is 10.1 Å². The van der Waals surface area contributed by atoms with E-state index in [9.17, 15) is 4.79 Å². The van der Waals surface area contributed by atoms with E-state index < -0.39 is 0 Å². The van der Waals surface area contributed by atoms with E-state index in [1.54, 1.807) is 12.1 Å². The zero-order chi connectivity index (χ0) is 16.9. The highest BCUT2D eigenvalue weighted by molar-refractivity contribution is 6.04. The van der Waals surface area contributed by atoms with Gasteiger partial charge in [-0.3, -0.25) is 4.79 Å². The van der Waals surface area contributed by atoms with Crippen molar-refractivity contribution in [3.05, 3.63) is 59.2 Å². The van der Waals surface area contributed by atoms with Crippen molar-refractivity contribution in [2.24, 2.45) is 0 Å². The van der Waals surface area contributed by atoms with Crippen molar-refractivity contribution in [2.45, 2.75) is 32.8 Å². The highest BCUT2D eigenvalue weighted by Gasteiger charge is 2.16. The molecule has 0 saturated carbocycles. The number of carbonyl (C=O) groups is 1. The van der Waals surface area contributed by atoms with E-state index in [2.05, 4.69) is 5.32 Å².